The third-order valence-corrected chi connectivity index (χ3v) is 5.20. The molecule has 8 heteroatoms. The van der Waals surface area contributed by atoms with E-state index in [1.807, 2.05) is 19.0 Å². The molecule has 0 bridgehead atoms. The molecule has 2 N–H and O–H groups in total. The number of nitrogens with one attached hydrogen (secondary N) is 2. The molecule has 136 valence electrons. The highest BCUT2D eigenvalue weighted by Crippen LogP contribution is 2.27. The zero-order valence-electron chi connectivity index (χ0n) is 14.3. The number of rotatable bonds is 6. The lowest BCUT2D eigenvalue weighted by atomic mass is 10.2. The van der Waals surface area contributed by atoms with Crippen LogP contribution in [0, 0.1) is 12.3 Å². The molecule has 2 rings (SSSR count). The molecular formula is C18H18ClN3O3S. The number of benzene rings is 2. The van der Waals surface area contributed by atoms with Crippen molar-refractivity contribution in [3.8, 4) is 12.3 Å². The summed E-state index contributed by atoms with van der Waals surface area (Å²) < 4.78 is 26.2. The minimum Gasteiger partial charge on any atom is -0.376 e. The summed E-state index contributed by atoms with van der Waals surface area (Å²) in [6, 6.07) is 10.7. The lowest BCUT2D eigenvalue weighted by Crippen LogP contribution is -2.24. The van der Waals surface area contributed by atoms with E-state index in [4.69, 9.17) is 18.0 Å². The standard InChI is InChI=1S/C18H18ClN3O3S/c1-4-11-20-26(24,25)15-8-5-13(6-9-15)18(23)21-14-7-10-17(22(2)3)16(19)12-14/h1,5-10,12,20H,11H2,2-3H3,(H,21,23). The minimum atomic E-state index is -3.69. The number of terminal acetylenes is 1. The molecule has 0 heterocycles. The first-order valence-corrected chi connectivity index (χ1v) is 9.42. The second kappa shape index (κ2) is 8.23. The molecule has 0 unspecified atom stereocenters. The van der Waals surface area contributed by atoms with Gasteiger partial charge in [-0.05, 0) is 42.5 Å². The number of carbonyl (C=O) groups excluding carboxylic acids is 1. The van der Waals surface area contributed by atoms with Crippen LogP contribution in [0.15, 0.2) is 47.4 Å². The number of carbonyl (C=O) groups is 1. The van der Waals surface area contributed by atoms with Crippen LogP contribution in [0.4, 0.5) is 11.4 Å². The van der Waals surface area contributed by atoms with Crippen LogP contribution in [-0.2, 0) is 10.0 Å². The van der Waals surface area contributed by atoms with E-state index in [0.29, 0.717) is 16.3 Å². The van der Waals surface area contributed by atoms with Gasteiger partial charge in [0.15, 0.2) is 0 Å². The Balaban J connectivity index is 2.13. The number of hydrogen-bond acceptors (Lipinski definition) is 4. The number of halogens is 1. The first-order chi connectivity index (χ1) is 12.2. The van der Waals surface area contributed by atoms with E-state index in [2.05, 4.69) is 16.0 Å². The fraction of sp³-hybridized carbons (Fsp3) is 0.167. The molecule has 0 aromatic heterocycles. The van der Waals surface area contributed by atoms with Crippen molar-refractivity contribution in [2.45, 2.75) is 4.90 Å². The maximum Gasteiger partial charge on any atom is 0.255 e. The zero-order chi connectivity index (χ0) is 19.3. The van der Waals surface area contributed by atoms with Crippen LogP contribution in [0.2, 0.25) is 5.02 Å². The van der Waals surface area contributed by atoms with E-state index in [9.17, 15) is 13.2 Å². The second-order valence-corrected chi connectivity index (χ2v) is 7.74. The Morgan fingerprint density at radius 1 is 1.19 bits per heavy atom. The van der Waals surface area contributed by atoms with Crippen LogP contribution in [-0.4, -0.2) is 35.0 Å². The molecule has 0 aliphatic heterocycles. The van der Waals surface area contributed by atoms with Gasteiger partial charge in [0.1, 0.15) is 0 Å². The van der Waals surface area contributed by atoms with Crippen LogP contribution in [0.5, 0.6) is 0 Å². The lowest BCUT2D eigenvalue weighted by molar-refractivity contribution is 0.102. The smallest absolute Gasteiger partial charge is 0.255 e. The predicted molar refractivity (Wildman–Crippen MR) is 104 cm³/mol. The van der Waals surface area contributed by atoms with Gasteiger partial charge in [-0.1, -0.05) is 17.5 Å². The molecule has 0 saturated carbocycles. The van der Waals surface area contributed by atoms with Crippen molar-refractivity contribution in [3.63, 3.8) is 0 Å². The quantitative estimate of drug-likeness (QED) is 0.742. The summed E-state index contributed by atoms with van der Waals surface area (Å²) in [6.07, 6.45) is 5.05. The van der Waals surface area contributed by atoms with E-state index in [0.717, 1.165) is 5.69 Å². The molecule has 0 spiro atoms. The van der Waals surface area contributed by atoms with Gasteiger partial charge in [0, 0.05) is 25.3 Å². The van der Waals surface area contributed by atoms with Gasteiger partial charge in [-0.25, -0.2) is 8.42 Å². The Kier molecular flexibility index (Phi) is 6.27. The average molecular weight is 392 g/mol. The highest BCUT2D eigenvalue weighted by Gasteiger charge is 2.14. The molecule has 0 radical (unpaired) electrons. The fourth-order valence-corrected chi connectivity index (χ4v) is 3.44. The average Bonchev–Trinajstić information content (AvgIpc) is 2.60. The van der Waals surface area contributed by atoms with Gasteiger partial charge in [-0.3, -0.25) is 4.79 Å². The van der Waals surface area contributed by atoms with Crippen LogP contribution >= 0.6 is 11.6 Å². The Bertz CT molecular complexity index is 949. The van der Waals surface area contributed by atoms with Crippen molar-refractivity contribution in [1.29, 1.82) is 0 Å². The fourth-order valence-electron chi connectivity index (χ4n) is 2.16. The number of amides is 1. The maximum absolute atomic E-state index is 12.3. The highest BCUT2D eigenvalue weighted by molar-refractivity contribution is 7.89. The molecule has 6 nitrogen and oxygen atoms in total. The van der Waals surface area contributed by atoms with Gasteiger partial charge in [-0.2, -0.15) is 4.72 Å². The highest BCUT2D eigenvalue weighted by atomic mass is 35.5. The summed E-state index contributed by atoms with van der Waals surface area (Å²) in [4.78, 5) is 14.2. The van der Waals surface area contributed by atoms with Crippen LogP contribution < -0.4 is 14.9 Å². The molecule has 0 fully saturated rings. The molecule has 1 amide bonds. The van der Waals surface area contributed by atoms with Gasteiger partial charge < -0.3 is 10.2 Å². The van der Waals surface area contributed by atoms with E-state index < -0.39 is 10.0 Å². The Morgan fingerprint density at radius 2 is 1.85 bits per heavy atom. The third kappa shape index (κ3) is 4.76. The summed E-state index contributed by atoms with van der Waals surface area (Å²) in [6.45, 7) is -0.103. The monoisotopic (exact) mass is 391 g/mol. The van der Waals surface area contributed by atoms with E-state index in [-0.39, 0.29) is 17.3 Å². The van der Waals surface area contributed by atoms with E-state index in [1.54, 1.807) is 18.2 Å². The van der Waals surface area contributed by atoms with Crippen LogP contribution in [0.1, 0.15) is 10.4 Å². The Labute approximate surface area is 158 Å². The third-order valence-electron chi connectivity index (χ3n) is 3.48. The number of anilines is 2. The lowest BCUT2D eigenvalue weighted by Gasteiger charge is -2.15. The molecule has 0 atom stereocenters. The van der Waals surface area contributed by atoms with Crippen molar-refractivity contribution >= 4 is 38.9 Å². The van der Waals surface area contributed by atoms with Gasteiger partial charge in [0.25, 0.3) is 5.91 Å². The van der Waals surface area contributed by atoms with E-state index in [1.165, 1.54) is 24.3 Å². The summed E-state index contributed by atoms with van der Waals surface area (Å²) >= 11 is 6.19. The molecule has 0 saturated heterocycles. The van der Waals surface area contributed by atoms with Crippen LogP contribution in [0.3, 0.4) is 0 Å². The van der Waals surface area contributed by atoms with Crippen molar-refractivity contribution < 1.29 is 13.2 Å². The van der Waals surface area contributed by atoms with Crippen molar-refractivity contribution in [3.05, 3.63) is 53.1 Å². The zero-order valence-corrected chi connectivity index (χ0v) is 15.9. The molecule has 0 aliphatic rings. The Morgan fingerprint density at radius 3 is 2.38 bits per heavy atom. The maximum atomic E-state index is 12.3. The minimum absolute atomic E-state index is 0.0303. The van der Waals surface area contributed by atoms with Gasteiger partial charge in [-0.15, -0.1) is 6.42 Å². The molecule has 0 aliphatic carbocycles. The number of sulfonamides is 1. The van der Waals surface area contributed by atoms with Crippen molar-refractivity contribution in [2.24, 2.45) is 0 Å². The summed E-state index contributed by atoms with van der Waals surface area (Å²) in [7, 11) is 0.0485. The first kappa shape index (κ1) is 19.8. The molecule has 26 heavy (non-hydrogen) atoms. The number of nitrogens with zero attached hydrogens (tertiary/aromatic N) is 1. The number of hydrogen-bond donors (Lipinski definition) is 2. The van der Waals surface area contributed by atoms with Crippen molar-refractivity contribution in [1.82, 2.24) is 4.72 Å². The van der Waals surface area contributed by atoms with Gasteiger partial charge in [0.2, 0.25) is 10.0 Å². The summed E-state index contributed by atoms with van der Waals surface area (Å²) in [5, 5.41) is 3.23. The SMILES string of the molecule is C#CCNS(=O)(=O)c1ccc(C(=O)Nc2ccc(N(C)C)c(Cl)c2)cc1. The second-order valence-electron chi connectivity index (χ2n) is 5.57. The van der Waals surface area contributed by atoms with E-state index >= 15 is 0 Å². The first-order valence-electron chi connectivity index (χ1n) is 7.56. The largest absolute Gasteiger partial charge is 0.376 e. The molecule has 2 aromatic carbocycles. The molecule has 2 aromatic rings. The van der Waals surface area contributed by atoms with Crippen LogP contribution in [0.25, 0.3) is 0 Å². The normalized spacial score (nSPS) is 10.8. The summed E-state index contributed by atoms with van der Waals surface area (Å²) in [5.74, 6) is 1.82. The molecular weight excluding hydrogens is 374 g/mol. The van der Waals surface area contributed by atoms with Gasteiger partial charge >= 0.3 is 0 Å². The Hall–Kier alpha value is -2.53. The van der Waals surface area contributed by atoms with Crippen molar-refractivity contribution in [2.75, 3.05) is 30.9 Å². The topological polar surface area (TPSA) is 78.5 Å². The predicted octanol–water partition coefficient (Wildman–Crippen LogP) is 2.57. The van der Waals surface area contributed by atoms with Gasteiger partial charge in [0.05, 0.1) is 22.2 Å². The summed E-state index contributed by atoms with van der Waals surface area (Å²) in [5.41, 5.74) is 1.69.